The van der Waals surface area contributed by atoms with Crippen LogP contribution >= 0.6 is 0 Å². The van der Waals surface area contributed by atoms with Crippen LogP contribution < -0.4 is 0 Å². The molecule has 97 valence electrons. The van der Waals surface area contributed by atoms with Crippen molar-refractivity contribution >= 4 is 5.92 Å². The minimum absolute atomic E-state index is 0.467. The summed E-state index contributed by atoms with van der Waals surface area (Å²) < 4.78 is 2.33. The third-order valence-electron chi connectivity index (χ3n) is 4.69. The standard InChI is InChI=1S/C9H13.C5H5.C2H7Si.Zr/c1-6-5-7(2)9(4)8(6)3;1-2-4-5-3-1;1-3-2;/h5H,1-4H3;1-3H,4H2;3H,1-2H3;. The number of rotatable bonds is 3. The molecule has 2 heteroatoms. The first-order valence-corrected chi connectivity index (χ1v) is 16.6. The molecule has 0 radical (unpaired) electrons. The zero-order chi connectivity index (χ0) is 13.5. The van der Waals surface area contributed by atoms with E-state index in [0.29, 0.717) is 3.12 Å². The van der Waals surface area contributed by atoms with E-state index in [9.17, 15) is 0 Å². The molecule has 0 aromatic rings. The van der Waals surface area contributed by atoms with Gasteiger partial charge in [0.2, 0.25) is 0 Å². The fourth-order valence-electron chi connectivity index (χ4n) is 3.57. The maximum atomic E-state index is 2.62. The van der Waals surface area contributed by atoms with E-state index in [-0.39, 0.29) is 0 Å². The van der Waals surface area contributed by atoms with Crippen molar-refractivity contribution in [3.63, 3.8) is 0 Å². The first-order chi connectivity index (χ1) is 8.38. The van der Waals surface area contributed by atoms with E-state index < -0.39 is 26.8 Å². The molecule has 18 heavy (non-hydrogen) atoms. The van der Waals surface area contributed by atoms with Crippen molar-refractivity contribution in [2.75, 3.05) is 0 Å². The molecule has 0 amide bonds. The SMILES string of the molecule is CC1=C[C](C)([Zr]([C]2=CC=CC2)[SiH](C)C)C(C)=C1C. The Balaban J connectivity index is 2.45. The average molecular weight is 337 g/mol. The fraction of sp³-hybridized carbons (Fsp3) is 0.500. The van der Waals surface area contributed by atoms with Gasteiger partial charge in [0.1, 0.15) is 0 Å². The first-order valence-electron chi connectivity index (χ1n) is 6.99. The zero-order valence-corrected chi connectivity index (χ0v) is 16.2. The predicted octanol–water partition coefficient (Wildman–Crippen LogP) is 4.91. The Morgan fingerprint density at radius 2 is 1.89 bits per heavy atom. The summed E-state index contributed by atoms with van der Waals surface area (Å²) in [6.45, 7) is 14.7. The molecule has 0 spiro atoms. The van der Waals surface area contributed by atoms with Gasteiger partial charge in [0.05, 0.1) is 0 Å². The van der Waals surface area contributed by atoms with Crippen molar-refractivity contribution < 1.29 is 20.9 Å². The molecule has 0 aromatic carbocycles. The molecule has 1 atom stereocenters. The van der Waals surface area contributed by atoms with Gasteiger partial charge in [-0.3, -0.25) is 0 Å². The third kappa shape index (κ3) is 2.27. The van der Waals surface area contributed by atoms with E-state index in [2.05, 4.69) is 65.1 Å². The van der Waals surface area contributed by atoms with Crippen molar-refractivity contribution in [2.45, 2.75) is 50.3 Å². The van der Waals surface area contributed by atoms with E-state index in [0.717, 1.165) is 0 Å². The summed E-state index contributed by atoms with van der Waals surface area (Å²) in [6, 6.07) is 0. The van der Waals surface area contributed by atoms with Gasteiger partial charge in [-0.2, -0.15) is 0 Å². The van der Waals surface area contributed by atoms with E-state index in [1.165, 1.54) is 12.0 Å². The minimum atomic E-state index is -1.53. The van der Waals surface area contributed by atoms with Crippen LogP contribution in [0.15, 0.2) is 44.3 Å². The Labute approximate surface area is 121 Å². The normalized spacial score (nSPS) is 27.1. The van der Waals surface area contributed by atoms with Crippen LogP contribution in [0.1, 0.15) is 34.1 Å². The zero-order valence-electron chi connectivity index (χ0n) is 12.6. The Hall–Kier alpha value is 0.0600. The van der Waals surface area contributed by atoms with Crippen LogP contribution in [-0.2, 0) is 20.9 Å². The molecule has 2 aliphatic rings. The van der Waals surface area contributed by atoms with Crippen LogP contribution in [0.5, 0.6) is 0 Å². The molecule has 0 bridgehead atoms. The maximum absolute atomic E-state index is 2.62. The van der Waals surface area contributed by atoms with Crippen LogP contribution in [0.25, 0.3) is 0 Å². The van der Waals surface area contributed by atoms with Crippen molar-refractivity contribution in [1.29, 1.82) is 0 Å². The molecule has 1 unspecified atom stereocenters. The first kappa shape index (κ1) is 14.5. The summed E-state index contributed by atoms with van der Waals surface area (Å²) in [6.07, 6.45) is 11.0. The Morgan fingerprint density at radius 1 is 1.22 bits per heavy atom. The van der Waals surface area contributed by atoms with Crippen LogP contribution in [-0.4, -0.2) is 5.92 Å². The van der Waals surface area contributed by atoms with Gasteiger partial charge in [-0.15, -0.1) is 0 Å². The van der Waals surface area contributed by atoms with Crippen LogP contribution in [0.4, 0.5) is 0 Å². The quantitative estimate of drug-likeness (QED) is 0.643. The van der Waals surface area contributed by atoms with Crippen LogP contribution in [0, 0.1) is 0 Å². The molecule has 0 heterocycles. The molecule has 0 nitrogen and oxygen atoms in total. The third-order valence-corrected chi connectivity index (χ3v) is 26.7. The van der Waals surface area contributed by atoms with Gasteiger partial charge in [0.25, 0.3) is 0 Å². The number of hydrogen-bond acceptors (Lipinski definition) is 0. The van der Waals surface area contributed by atoms with E-state index in [1.54, 1.807) is 11.1 Å². The van der Waals surface area contributed by atoms with Gasteiger partial charge in [-0.05, 0) is 0 Å². The molecule has 2 aliphatic carbocycles. The summed E-state index contributed by atoms with van der Waals surface area (Å²) in [7, 11) is 0. The Kier molecular flexibility index (Phi) is 4.19. The second-order valence-corrected chi connectivity index (χ2v) is 26.6. The molecule has 0 aromatic heterocycles. The Morgan fingerprint density at radius 3 is 2.28 bits per heavy atom. The van der Waals surface area contributed by atoms with Gasteiger partial charge in [-0.25, -0.2) is 0 Å². The topological polar surface area (TPSA) is 0 Å². The average Bonchev–Trinajstić information content (AvgIpc) is 2.85. The van der Waals surface area contributed by atoms with Gasteiger partial charge in [-0.1, -0.05) is 0 Å². The van der Waals surface area contributed by atoms with E-state index >= 15 is 0 Å². The van der Waals surface area contributed by atoms with Crippen LogP contribution in [0.2, 0.25) is 16.2 Å². The van der Waals surface area contributed by atoms with Gasteiger partial charge in [0, 0.05) is 0 Å². The fourth-order valence-corrected chi connectivity index (χ4v) is 28.4. The van der Waals surface area contributed by atoms with Gasteiger partial charge in [0.15, 0.2) is 0 Å². The molecular formula is C16H25SiZr. The summed E-state index contributed by atoms with van der Waals surface area (Å²) >= 11 is -1.53. The van der Waals surface area contributed by atoms with Gasteiger partial charge >= 0.3 is 121 Å². The summed E-state index contributed by atoms with van der Waals surface area (Å²) in [5, 5.41) is 0. The van der Waals surface area contributed by atoms with Gasteiger partial charge < -0.3 is 0 Å². The monoisotopic (exact) mass is 335 g/mol. The second kappa shape index (κ2) is 5.21. The summed E-state index contributed by atoms with van der Waals surface area (Å²) in [5.74, 6) is -0.542. The molecule has 2 rings (SSSR count). The molecular weight excluding hydrogens is 311 g/mol. The van der Waals surface area contributed by atoms with Crippen molar-refractivity contribution in [2.24, 2.45) is 0 Å². The molecule has 0 saturated heterocycles. The molecule has 0 aliphatic heterocycles. The van der Waals surface area contributed by atoms with Crippen molar-refractivity contribution in [3.8, 4) is 0 Å². The summed E-state index contributed by atoms with van der Waals surface area (Å²) in [4.78, 5) is 0. The van der Waals surface area contributed by atoms with Crippen LogP contribution in [0.3, 0.4) is 0 Å². The number of hydrogen-bond donors (Lipinski definition) is 0. The summed E-state index contributed by atoms with van der Waals surface area (Å²) in [5.41, 5.74) is 4.79. The Bertz CT molecular complexity index is 479. The molecule has 0 fully saturated rings. The predicted molar refractivity (Wildman–Crippen MR) is 81.2 cm³/mol. The number of allylic oxidation sites excluding steroid dienone is 8. The van der Waals surface area contributed by atoms with E-state index in [4.69, 9.17) is 0 Å². The van der Waals surface area contributed by atoms with Crippen molar-refractivity contribution in [3.05, 3.63) is 44.3 Å². The van der Waals surface area contributed by atoms with E-state index in [1.807, 2.05) is 3.28 Å². The molecule has 0 N–H and O–H groups in total. The van der Waals surface area contributed by atoms with Crippen molar-refractivity contribution in [1.82, 2.24) is 0 Å². The second-order valence-electron chi connectivity index (χ2n) is 6.17. The molecule has 0 saturated carbocycles.